The molecule has 28 heavy (non-hydrogen) atoms. The molecule has 0 saturated carbocycles. The number of nitrogens with zero attached hydrogens (tertiary/aromatic N) is 2. The summed E-state index contributed by atoms with van der Waals surface area (Å²) < 4.78 is 16.1. The van der Waals surface area contributed by atoms with E-state index in [0.29, 0.717) is 42.1 Å². The van der Waals surface area contributed by atoms with Crippen molar-refractivity contribution in [3.8, 4) is 11.5 Å². The van der Waals surface area contributed by atoms with Crippen LogP contribution in [-0.2, 0) is 16.1 Å². The second-order valence-corrected chi connectivity index (χ2v) is 8.00. The first kappa shape index (κ1) is 21.2. The number of carbonyl (C=O) groups excluding carboxylic acids is 1. The predicted octanol–water partition coefficient (Wildman–Crippen LogP) is 3.21. The highest BCUT2D eigenvalue weighted by Gasteiger charge is 2.23. The molecule has 2 fully saturated rings. The molecule has 156 valence electrons. The van der Waals surface area contributed by atoms with Crippen LogP contribution in [0, 0.1) is 5.92 Å². The van der Waals surface area contributed by atoms with Crippen molar-refractivity contribution in [1.82, 2.24) is 9.80 Å². The molecule has 1 unspecified atom stereocenters. The number of ether oxygens (including phenoxy) is 3. The monoisotopic (exact) mass is 410 g/mol. The van der Waals surface area contributed by atoms with E-state index in [9.17, 15) is 4.79 Å². The first-order valence-electron chi connectivity index (χ1n) is 10.1. The van der Waals surface area contributed by atoms with Gasteiger partial charge in [0.15, 0.2) is 11.5 Å². The normalized spacial score (nSPS) is 20.8. The molecule has 0 radical (unpaired) electrons. The maximum atomic E-state index is 12.4. The Morgan fingerprint density at radius 2 is 2.00 bits per heavy atom. The molecule has 0 spiro atoms. The number of hydrogen-bond donors (Lipinski definition) is 0. The molecule has 2 heterocycles. The van der Waals surface area contributed by atoms with Crippen LogP contribution in [0.2, 0.25) is 5.02 Å². The van der Waals surface area contributed by atoms with Crippen LogP contribution in [0.15, 0.2) is 12.1 Å². The fourth-order valence-electron chi connectivity index (χ4n) is 4.15. The van der Waals surface area contributed by atoms with Crippen molar-refractivity contribution in [3.63, 3.8) is 0 Å². The van der Waals surface area contributed by atoms with Crippen LogP contribution in [0.1, 0.15) is 31.2 Å². The van der Waals surface area contributed by atoms with Crippen LogP contribution in [-0.4, -0.2) is 69.3 Å². The Balaban J connectivity index is 1.52. The van der Waals surface area contributed by atoms with Crippen molar-refractivity contribution in [2.45, 2.75) is 32.2 Å². The molecule has 3 rings (SSSR count). The molecule has 0 bridgehead atoms. The molecule has 2 aliphatic heterocycles. The molecule has 2 saturated heterocycles. The predicted molar refractivity (Wildman–Crippen MR) is 109 cm³/mol. The molecule has 0 aliphatic carbocycles. The number of halogens is 1. The minimum atomic E-state index is 0.270. The number of amides is 1. The molecule has 6 nitrogen and oxygen atoms in total. The van der Waals surface area contributed by atoms with E-state index in [1.54, 1.807) is 14.2 Å². The summed E-state index contributed by atoms with van der Waals surface area (Å²) in [5.74, 6) is 2.07. The van der Waals surface area contributed by atoms with Gasteiger partial charge in [0.25, 0.3) is 0 Å². The number of carbonyl (C=O) groups is 1. The summed E-state index contributed by atoms with van der Waals surface area (Å²) in [4.78, 5) is 16.8. The number of likely N-dealkylation sites (tertiary alicyclic amines) is 1. The molecule has 1 aromatic rings. The SMILES string of the molecule is COc1cc(CN2CCCC(CCC(=O)N3CCOCC3)C2)cc(Cl)c1OC. The summed E-state index contributed by atoms with van der Waals surface area (Å²) >= 11 is 6.34. The minimum absolute atomic E-state index is 0.270. The highest BCUT2D eigenvalue weighted by Crippen LogP contribution is 2.36. The topological polar surface area (TPSA) is 51.2 Å². The van der Waals surface area contributed by atoms with Crippen molar-refractivity contribution in [1.29, 1.82) is 0 Å². The van der Waals surface area contributed by atoms with Gasteiger partial charge in [-0.3, -0.25) is 9.69 Å². The third kappa shape index (κ3) is 5.52. The average Bonchev–Trinajstić information content (AvgIpc) is 2.72. The van der Waals surface area contributed by atoms with Gasteiger partial charge in [-0.1, -0.05) is 11.6 Å². The zero-order valence-electron chi connectivity index (χ0n) is 16.9. The highest BCUT2D eigenvalue weighted by atomic mass is 35.5. The molecule has 1 atom stereocenters. The molecule has 7 heteroatoms. The van der Waals surface area contributed by atoms with E-state index in [0.717, 1.165) is 51.1 Å². The summed E-state index contributed by atoms with van der Waals surface area (Å²) in [6.07, 6.45) is 3.96. The van der Waals surface area contributed by atoms with Crippen molar-refractivity contribution >= 4 is 17.5 Å². The summed E-state index contributed by atoms with van der Waals surface area (Å²) in [7, 11) is 3.22. The number of piperidine rings is 1. The van der Waals surface area contributed by atoms with E-state index in [1.807, 2.05) is 17.0 Å². The van der Waals surface area contributed by atoms with Gasteiger partial charge in [-0.25, -0.2) is 0 Å². The van der Waals surface area contributed by atoms with Gasteiger partial charge in [-0.05, 0) is 49.4 Å². The quantitative estimate of drug-likeness (QED) is 0.690. The van der Waals surface area contributed by atoms with Crippen LogP contribution in [0.3, 0.4) is 0 Å². The van der Waals surface area contributed by atoms with E-state index in [1.165, 1.54) is 6.42 Å². The van der Waals surface area contributed by atoms with Gasteiger partial charge in [0, 0.05) is 32.6 Å². The van der Waals surface area contributed by atoms with Gasteiger partial charge < -0.3 is 19.1 Å². The van der Waals surface area contributed by atoms with Crippen molar-refractivity contribution in [2.75, 3.05) is 53.6 Å². The number of methoxy groups -OCH3 is 2. The number of morpholine rings is 1. The Labute approximate surface area is 172 Å². The van der Waals surface area contributed by atoms with Gasteiger partial charge in [0.1, 0.15) is 0 Å². The number of benzene rings is 1. The van der Waals surface area contributed by atoms with E-state index >= 15 is 0 Å². The van der Waals surface area contributed by atoms with Crippen LogP contribution >= 0.6 is 11.6 Å². The van der Waals surface area contributed by atoms with Gasteiger partial charge in [0.2, 0.25) is 5.91 Å². The molecular formula is C21H31ClN2O4. The molecule has 2 aliphatic rings. The zero-order valence-corrected chi connectivity index (χ0v) is 17.7. The second-order valence-electron chi connectivity index (χ2n) is 7.59. The van der Waals surface area contributed by atoms with Gasteiger partial charge in [0.05, 0.1) is 32.5 Å². The fraction of sp³-hybridized carbons (Fsp3) is 0.667. The van der Waals surface area contributed by atoms with Gasteiger partial charge >= 0.3 is 0 Å². The molecule has 0 N–H and O–H groups in total. The lowest BCUT2D eigenvalue weighted by Gasteiger charge is -2.33. The third-order valence-corrected chi connectivity index (χ3v) is 5.91. The second kappa shape index (κ2) is 10.3. The number of rotatable bonds is 7. The summed E-state index contributed by atoms with van der Waals surface area (Å²) in [5.41, 5.74) is 1.12. The largest absolute Gasteiger partial charge is 0.493 e. The Kier molecular flexibility index (Phi) is 7.82. The van der Waals surface area contributed by atoms with Crippen LogP contribution in [0.4, 0.5) is 0 Å². The van der Waals surface area contributed by atoms with Crippen molar-refractivity contribution < 1.29 is 19.0 Å². The van der Waals surface area contributed by atoms with Crippen LogP contribution in [0.5, 0.6) is 11.5 Å². The fourth-order valence-corrected chi connectivity index (χ4v) is 4.46. The summed E-state index contributed by atoms with van der Waals surface area (Å²) in [5, 5.41) is 0.571. The molecule has 1 aromatic carbocycles. The lowest BCUT2D eigenvalue weighted by Crippen LogP contribution is -2.41. The first-order chi connectivity index (χ1) is 13.6. The molecule has 1 amide bonds. The van der Waals surface area contributed by atoms with Crippen molar-refractivity contribution in [3.05, 3.63) is 22.7 Å². The first-order valence-corrected chi connectivity index (χ1v) is 10.5. The number of hydrogen-bond acceptors (Lipinski definition) is 5. The van der Waals surface area contributed by atoms with E-state index in [4.69, 9.17) is 25.8 Å². The average molecular weight is 411 g/mol. The standard InChI is InChI=1S/C21H31ClN2O4/c1-26-19-13-17(12-18(22)21(19)27-2)15-23-7-3-4-16(14-23)5-6-20(25)24-8-10-28-11-9-24/h12-13,16H,3-11,14-15H2,1-2H3. The zero-order chi connectivity index (χ0) is 19.9. The maximum absolute atomic E-state index is 12.4. The van der Waals surface area contributed by atoms with E-state index in [-0.39, 0.29) is 5.91 Å². The Bertz CT molecular complexity index is 664. The third-order valence-electron chi connectivity index (χ3n) is 5.63. The van der Waals surface area contributed by atoms with Crippen LogP contribution in [0.25, 0.3) is 0 Å². The Morgan fingerprint density at radius 3 is 2.71 bits per heavy atom. The van der Waals surface area contributed by atoms with Crippen molar-refractivity contribution in [2.24, 2.45) is 5.92 Å². The summed E-state index contributed by atoms with van der Waals surface area (Å²) in [6.45, 7) is 5.70. The lowest BCUT2D eigenvalue weighted by atomic mass is 9.92. The van der Waals surface area contributed by atoms with E-state index in [2.05, 4.69) is 4.90 Å². The van der Waals surface area contributed by atoms with Crippen LogP contribution < -0.4 is 9.47 Å². The Morgan fingerprint density at radius 1 is 1.21 bits per heavy atom. The molecule has 0 aromatic heterocycles. The van der Waals surface area contributed by atoms with Gasteiger partial charge in [-0.2, -0.15) is 0 Å². The van der Waals surface area contributed by atoms with E-state index < -0.39 is 0 Å². The smallest absolute Gasteiger partial charge is 0.222 e. The lowest BCUT2D eigenvalue weighted by molar-refractivity contribution is -0.135. The minimum Gasteiger partial charge on any atom is -0.493 e. The Hall–Kier alpha value is -1.50. The van der Waals surface area contributed by atoms with Gasteiger partial charge in [-0.15, -0.1) is 0 Å². The molecular weight excluding hydrogens is 380 g/mol. The maximum Gasteiger partial charge on any atom is 0.222 e. The summed E-state index contributed by atoms with van der Waals surface area (Å²) in [6, 6.07) is 3.95. The highest BCUT2D eigenvalue weighted by molar-refractivity contribution is 6.32.